The van der Waals surface area contributed by atoms with Crippen molar-refractivity contribution < 1.29 is 9.47 Å². The van der Waals surface area contributed by atoms with E-state index in [-0.39, 0.29) is 5.56 Å². The summed E-state index contributed by atoms with van der Waals surface area (Å²) in [4.78, 5) is 22.1. The highest BCUT2D eigenvalue weighted by Crippen LogP contribution is 2.34. The van der Waals surface area contributed by atoms with Crippen molar-refractivity contribution in [3.63, 3.8) is 0 Å². The maximum Gasteiger partial charge on any atom is 0.282 e. The lowest BCUT2D eigenvalue weighted by atomic mass is 10.1. The van der Waals surface area contributed by atoms with E-state index in [2.05, 4.69) is 9.97 Å². The minimum atomic E-state index is -0.181. The highest BCUT2D eigenvalue weighted by molar-refractivity contribution is 6.18. The number of nitrogens with zero attached hydrogens (tertiary/aromatic N) is 3. The molecule has 4 heterocycles. The molecule has 0 bridgehead atoms. The Labute approximate surface area is 141 Å². The maximum absolute atomic E-state index is 13.2. The van der Waals surface area contributed by atoms with Gasteiger partial charge in [-0.3, -0.25) is 14.2 Å². The first-order valence-corrected chi connectivity index (χ1v) is 7.80. The molecule has 0 spiro atoms. The van der Waals surface area contributed by atoms with Crippen LogP contribution in [0.5, 0.6) is 11.6 Å². The monoisotopic (exact) mass is 331 g/mol. The first kappa shape index (κ1) is 14.0. The van der Waals surface area contributed by atoms with Crippen LogP contribution in [0.4, 0.5) is 0 Å². The van der Waals surface area contributed by atoms with Crippen LogP contribution in [0.25, 0.3) is 38.2 Å². The van der Waals surface area contributed by atoms with Gasteiger partial charge in [-0.05, 0) is 30.3 Å². The summed E-state index contributed by atoms with van der Waals surface area (Å²) >= 11 is 0. The Morgan fingerprint density at radius 2 is 1.80 bits per heavy atom. The van der Waals surface area contributed by atoms with Crippen LogP contribution < -0.4 is 15.0 Å². The molecule has 0 saturated heterocycles. The third-order valence-corrected chi connectivity index (χ3v) is 4.62. The Bertz CT molecular complexity index is 1340. The predicted molar refractivity (Wildman–Crippen MR) is 96.1 cm³/mol. The fraction of sp³-hybridized carbons (Fsp3) is 0.105. The Balaban J connectivity index is 2.13. The van der Waals surface area contributed by atoms with Gasteiger partial charge in [0.05, 0.1) is 30.8 Å². The molecule has 0 N–H and O–H groups in total. The molecule has 6 heteroatoms. The fourth-order valence-corrected chi connectivity index (χ4v) is 3.49. The summed E-state index contributed by atoms with van der Waals surface area (Å²) in [5.74, 6) is 1.15. The second-order valence-corrected chi connectivity index (χ2v) is 5.83. The van der Waals surface area contributed by atoms with Gasteiger partial charge in [0.2, 0.25) is 5.88 Å². The van der Waals surface area contributed by atoms with E-state index in [9.17, 15) is 4.79 Å². The molecule has 0 atom stereocenters. The van der Waals surface area contributed by atoms with Gasteiger partial charge in [0.25, 0.3) is 5.56 Å². The first-order valence-electron chi connectivity index (χ1n) is 7.80. The number of hydrogen-bond donors (Lipinski definition) is 0. The molecule has 0 saturated carbocycles. The lowest BCUT2D eigenvalue weighted by Crippen LogP contribution is -2.14. The Hall–Kier alpha value is -3.41. The average molecular weight is 331 g/mol. The standard InChI is InChI=1S/C19H13N3O3/c1-24-10-3-5-14-13(9-10)11-7-8-20-16-12-4-6-15(25-2)21-17(12)19(23)22(14)18(11)16/h3-9H,1-2H3. The van der Waals surface area contributed by atoms with E-state index < -0.39 is 0 Å². The quantitative estimate of drug-likeness (QED) is 0.465. The SMILES string of the molecule is COc1ccc2c(c1)c1ccnc3c4ccc(OC)nc4c(=O)n2c13. The van der Waals surface area contributed by atoms with Crippen molar-refractivity contribution >= 4 is 38.2 Å². The largest absolute Gasteiger partial charge is 0.497 e. The van der Waals surface area contributed by atoms with E-state index in [0.29, 0.717) is 11.4 Å². The molecule has 6 nitrogen and oxygen atoms in total. The number of pyridine rings is 3. The number of benzene rings is 1. The van der Waals surface area contributed by atoms with Gasteiger partial charge in [-0.1, -0.05) is 0 Å². The molecular formula is C19H13N3O3. The highest BCUT2D eigenvalue weighted by atomic mass is 16.5. The molecule has 0 fully saturated rings. The smallest absolute Gasteiger partial charge is 0.282 e. The molecule has 0 aliphatic rings. The molecular weight excluding hydrogens is 318 g/mol. The second kappa shape index (κ2) is 4.80. The summed E-state index contributed by atoms with van der Waals surface area (Å²) < 4.78 is 12.2. The summed E-state index contributed by atoms with van der Waals surface area (Å²) in [6.07, 6.45) is 1.75. The Kier molecular flexibility index (Phi) is 2.68. The van der Waals surface area contributed by atoms with Crippen molar-refractivity contribution in [2.45, 2.75) is 0 Å². The first-order chi connectivity index (χ1) is 12.2. The van der Waals surface area contributed by atoms with E-state index >= 15 is 0 Å². The van der Waals surface area contributed by atoms with E-state index in [1.807, 2.05) is 30.3 Å². The maximum atomic E-state index is 13.2. The van der Waals surface area contributed by atoms with Crippen molar-refractivity contribution in [2.75, 3.05) is 14.2 Å². The third kappa shape index (κ3) is 1.71. The zero-order valence-electron chi connectivity index (χ0n) is 13.6. The van der Waals surface area contributed by atoms with Crippen LogP contribution in [0.1, 0.15) is 0 Å². The molecule has 5 rings (SSSR count). The summed E-state index contributed by atoms with van der Waals surface area (Å²) in [5.41, 5.74) is 2.53. The van der Waals surface area contributed by atoms with Gasteiger partial charge in [-0.15, -0.1) is 0 Å². The van der Waals surface area contributed by atoms with Crippen molar-refractivity contribution in [1.82, 2.24) is 14.4 Å². The van der Waals surface area contributed by atoms with Crippen LogP contribution in [-0.4, -0.2) is 28.6 Å². The van der Waals surface area contributed by atoms with Crippen molar-refractivity contribution in [3.05, 3.63) is 52.9 Å². The lowest BCUT2D eigenvalue weighted by Gasteiger charge is -2.06. The van der Waals surface area contributed by atoms with Crippen LogP contribution in [0, 0.1) is 0 Å². The topological polar surface area (TPSA) is 65.7 Å². The summed E-state index contributed by atoms with van der Waals surface area (Å²) in [5, 5.41) is 2.64. The fourth-order valence-electron chi connectivity index (χ4n) is 3.49. The summed E-state index contributed by atoms with van der Waals surface area (Å²) in [7, 11) is 3.16. The van der Waals surface area contributed by atoms with Crippen LogP contribution in [0.15, 0.2) is 47.4 Å². The van der Waals surface area contributed by atoms with Crippen LogP contribution in [0.2, 0.25) is 0 Å². The molecule has 0 amide bonds. The minimum Gasteiger partial charge on any atom is -0.497 e. The molecule has 1 aromatic carbocycles. The van der Waals surface area contributed by atoms with Gasteiger partial charge < -0.3 is 9.47 Å². The lowest BCUT2D eigenvalue weighted by molar-refractivity contribution is 0.399. The van der Waals surface area contributed by atoms with Crippen LogP contribution in [-0.2, 0) is 0 Å². The third-order valence-electron chi connectivity index (χ3n) is 4.62. The Morgan fingerprint density at radius 1 is 0.920 bits per heavy atom. The van der Waals surface area contributed by atoms with Gasteiger partial charge in [0.15, 0.2) is 0 Å². The molecule has 0 aliphatic heterocycles. The molecule has 0 aliphatic carbocycles. The van der Waals surface area contributed by atoms with Gasteiger partial charge >= 0.3 is 0 Å². The Morgan fingerprint density at radius 3 is 2.60 bits per heavy atom. The van der Waals surface area contributed by atoms with E-state index in [4.69, 9.17) is 9.47 Å². The summed E-state index contributed by atoms with van der Waals surface area (Å²) in [6, 6.07) is 11.2. The number of rotatable bonds is 2. The average Bonchev–Trinajstić information content (AvgIpc) is 3.00. The van der Waals surface area contributed by atoms with E-state index in [0.717, 1.165) is 38.5 Å². The highest BCUT2D eigenvalue weighted by Gasteiger charge is 2.19. The number of hydrogen-bond acceptors (Lipinski definition) is 5. The molecule has 4 aromatic heterocycles. The number of fused-ring (bicyclic) bond motifs is 5. The van der Waals surface area contributed by atoms with E-state index in [1.54, 1.807) is 23.8 Å². The second-order valence-electron chi connectivity index (χ2n) is 5.83. The molecule has 122 valence electrons. The zero-order valence-corrected chi connectivity index (χ0v) is 13.6. The number of aromatic nitrogens is 3. The van der Waals surface area contributed by atoms with Crippen molar-refractivity contribution in [2.24, 2.45) is 0 Å². The van der Waals surface area contributed by atoms with Crippen LogP contribution in [0.3, 0.4) is 0 Å². The van der Waals surface area contributed by atoms with E-state index in [1.165, 1.54) is 7.11 Å². The van der Waals surface area contributed by atoms with Gasteiger partial charge in [-0.25, -0.2) is 4.98 Å². The van der Waals surface area contributed by atoms with Gasteiger partial charge in [-0.2, -0.15) is 0 Å². The zero-order chi connectivity index (χ0) is 17.1. The normalized spacial score (nSPS) is 11.8. The van der Waals surface area contributed by atoms with Crippen molar-refractivity contribution in [3.8, 4) is 11.6 Å². The molecule has 0 radical (unpaired) electrons. The molecule has 5 aromatic rings. The molecule has 25 heavy (non-hydrogen) atoms. The molecule has 0 unspecified atom stereocenters. The number of ether oxygens (including phenoxy) is 2. The summed E-state index contributed by atoms with van der Waals surface area (Å²) in [6.45, 7) is 0. The van der Waals surface area contributed by atoms with Gasteiger partial charge in [0.1, 0.15) is 11.3 Å². The van der Waals surface area contributed by atoms with Gasteiger partial charge in [0, 0.05) is 28.4 Å². The van der Waals surface area contributed by atoms with Crippen molar-refractivity contribution in [1.29, 1.82) is 0 Å². The van der Waals surface area contributed by atoms with Crippen LogP contribution >= 0.6 is 0 Å². The number of methoxy groups -OCH3 is 2. The minimum absolute atomic E-state index is 0.181. The predicted octanol–water partition coefficient (Wildman–Crippen LogP) is 3.00.